The van der Waals surface area contributed by atoms with Gasteiger partial charge in [0.2, 0.25) is 0 Å². The first-order valence-corrected chi connectivity index (χ1v) is 22.4. The average molecular weight is 720 g/mol. The Morgan fingerprint density at radius 1 is 0.886 bits per heavy atom. The third-order valence-corrected chi connectivity index (χ3v) is 19.4. The minimum atomic E-state index is -1.57. The summed E-state index contributed by atoms with van der Waals surface area (Å²) in [5, 5.41) is 0.854. The predicted molar refractivity (Wildman–Crippen MR) is 181 cm³/mol. The van der Waals surface area contributed by atoms with Gasteiger partial charge in [-0.3, -0.25) is 4.79 Å². The molecular formula is C36H47ClN5OSn+. The van der Waals surface area contributed by atoms with Crippen LogP contribution in [0.1, 0.15) is 72.8 Å². The molecule has 3 aliphatic heterocycles. The van der Waals surface area contributed by atoms with Crippen molar-refractivity contribution in [2.24, 2.45) is 0 Å². The maximum atomic E-state index is 13.4. The van der Waals surface area contributed by atoms with Crippen LogP contribution in [0.5, 0.6) is 0 Å². The molecule has 232 valence electrons. The van der Waals surface area contributed by atoms with Gasteiger partial charge in [-0.1, -0.05) is 0 Å². The number of aromatic nitrogens is 2. The molecular weight excluding hydrogens is 673 g/mol. The first kappa shape index (κ1) is 32.0. The molecule has 0 spiro atoms. The van der Waals surface area contributed by atoms with Crippen LogP contribution in [0.4, 0.5) is 0 Å². The molecule has 1 aromatic heterocycles. The molecule has 3 aromatic rings. The van der Waals surface area contributed by atoms with Crippen LogP contribution in [0, 0.1) is 13.8 Å². The summed E-state index contributed by atoms with van der Waals surface area (Å²) in [6, 6.07) is 21.2. The average Bonchev–Trinajstić information content (AvgIpc) is 3.05. The number of carbonyl (C=O) groups is 1. The quantitative estimate of drug-likeness (QED) is 0.270. The van der Waals surface area contributed by atoms with E-state index in [0.29, 0.717) is 17.6 Å². The van der Waals surface area contributed by atoms with E-state index in [-0.39, 0.29) is 11.4 Å². The zero-order chi connectivity index (χ0) is 30.7. The van der Waals surface area contributed by atoms with Crippen molar-refractivity contribution in [3.8, 4) is 0 Å². The number of likely N-dealkylation sites (tertiary alicyclic amines) is 2. The van der Waals surface area contributed by atoms with Crippen molar-refractivity contribution in [2.45, 2.75) is 92.3 Å². The summed E-state index contributed by atoms with van der Waals surface area (Å²) in [7, 11) is 0. The van der Waals surface area contributed by atoms with Crippen LogP contribution in [0.25, 0.3) is 0 Å². The van der Waals surface area contributed by atoms with E-state index in [1.54, 1.807) is 9.91 Å². The summed E-state index contributed by atoms with van der Waals surface area (Å²) in [6.07, 6.45) is 8.73. The third-order valence-electron chi connectivity index (χ3n) is 10.8. The Morgan fingerprint density at radius 2 is 1.48 bits per heavy atom. The van der Waals surface area contributed by atoms with Gasteiger partial charge >= 0.3 is 219 Å². The zero-order valence-electron chi connectivity index (χ0n) is 26.6. The Balaban J connectivity index is 1.07. The summed E-state index contributed by atoms with van der Waals surface area (Å²) >= 11 is 4.62. The maximum absolute atomic E-state index is 13.4. The molecule has 0 unspecified atom stereocenters. The van der Waals surface area contributed by atoms with Gasteiger partial charge in [-0.05, 0) is 13.8 Å². The van der Waals surface area contributed by atoms with Gasteiger partial charge in [0, 0.05) is 0 Å². The number of carbonyl (C=O) groups excluding carboxylic acids is 1. The Bertz CT molecular complexity index is 1380. The minimum absolute atomic E-state index is 0.0908. The van der Waals surface area contributed by atoms with Crippen molar-refractivity contribution in [3.63, 3.8) is 0 Å². The molecule has 44 heavy (non-hydrogen) atoms. The predicted octanol–water partition coefficient (Wildman–Crippen LogP) is 6.27. The molecule has 3 aliphatic rings. The Hall–Kier alpha value is -2.00. The number of halogens is 1. The van der Waals surface area contributed by atoms with Crippen LogP contribution in [-0.2, 0) is 6.54 Å². The van der Waals surface area contributed by atoms with Crippen LogP contribution < -0.4 is 3.58 Å². The normalized spacial score (nSPS) is 20.3. The van der Waals surface area contributed by atoms with E-state index in [9.17, 15) is 4.79 Å². The van der Waals surface area contributed by atoms with Crippen molar-refractivity contribution >= 4 is 40.8 Å². The van der Waals surface area contributed by atoms with Crippen molar-refractivity contribution in [1.29, 1.82) is 0 Å². The summed E-state index contributed by atoms with van der Waals surface area (Å²) in [5.74, 6) is 0.0908. The van der Waals surface area contributed by atoms with E-state index >= 15 is 0 Å². The monoisotopic (exact) mass is 720 g/mol. The molecule has 4 heterocycles. The Morgan fingerprint density at radius 3 is 2.09 bits per heavy atom. The molecule has 8 heteroatoms. The van der Waals surface area contributed by atoms with E-state index in [4.69, 9.17) is 11.6 Å². The molecule has 0 aliphatic carbocycles. The third kappa shape index (κ3) is 7.19. The van der Waals surface area contributed by atoms with Gasteiger partial charge in [0.15, 0.2) is 0 Å². The zero-order valence-corrected chi connectivity index (χ0v) is 30.3. The van der Waals surface area contributed by atoms with Crippen LogP contribution in [0.2, 0.25) is 13.9 Å². The number of piperidine rings is 2. The number of hydrogen-bond acceptors (Lipinski definition) is 5. The van der Waals surface area contributed by atoms with Crippen molar-refractivity contribution in [3.05, 3.63) is 88.5 Å². The summed E-state index contributed by atoms with van der Waals surface area (Å²) in [4.78, 5) is 29.6. The standard InChI is InChI=1S/C30H43N5O.C6H4Cl.Sn/c1-6-26(7-2)35(21-25-11-9-8-10-12-25)27-13-17-34(18-14-27)30(5)15-19-33(20-16-30)29(36)28-23(3)31-22-32-24(28)4;7-6-4-2-1-3-5-6;/h8-12,22,26-27H,1-2,6-7,13-21H2,3-5H3;2-5H;/q;;+1. The Kier molecular flexibility index (Phi) is 10.3. The number of nitrogens with zero attached hydrogens (tertiary/aromatic N) is 5. The summed E-state index contributed by atoms with van der Waals surface area (Å²) in [5.41, 5.74) is 3.82. The van der Waals surface area contributed by atoms with Gasteiger partial charge < -0.3 is 0 Å². The molecule has 3 fully saturated rings. The fraction of sp³-hybridized carbons (Fsp3) is 0.528. The number of hydrogen-bond donors (Lipinski definition) is 0. The number of rotatable bonds is 7. The fourth-order valence-electron chi connectivity index (χ4n) is 7.91. The second-order valence-electron chi connectivity index (χ2n) is 13.4. The second kappa shape index (κ2) is 14.2. The van der Waals surface area contributed by atoms with E-state index < -0.39 is 19.8 Å². The summed E-state index contributed by atoms with van der Waals surface area (Å²) in [6.45, 7) is 11.2. The van der Waals surface area contributed by atoms with Gasteiger partial charge in [0.05, 0.1) is 17.0 Å². The first-order valence-electron chi connectivity index (χ1n) is 16.5. The topological polar surface area (TPSA) is 52.6 Å². The molecule has 0 saturated carbocycles. The van der Waals surface area contributed by atoms with Crippen LogP contribution in [0.3, 0.4) is 0 Å². The number of benzene rings is 2. The molecule has 3 saturated heterocycles. The fourth-order valence-corrected chi connectivity index (χ4v) is 16.1. The summed E-state index contributed by atoms with van der Waals surface area (Å²) < 4.78 is 4.53. The van der Waals surface area contributed by atoms with Gasteiger partial charge in [0.25, 0.3) is 5.91 Å². The molecule has 0 N–H and O–H groups in total. The number of amides is 1. The molecule has 2 aromatic carbocycles. The van der Waals surface area contributed by atoms with Gasteiger partial charge in [-0.25, -0.2) is 9.97 Å². The molecule has 0 atom stereocenters. The van der Waals surface area contributed by atoms with Gasteiger partial charge in [-0.15, -0.1) is 0 Å². The van der Waals surface area contributed by atoms with E-state index in [0.717, 1.165) is 62.0 Å². The van der Waals surface area contributed by atoms with E-state index in [1.807, 2.05) is 18.7 Å². The first-order chi connectivity index (χ1) is 21.3. The Labute approximate surface area is 275 Å². The van der Waals surface area contributed by atoms with E-state index in [2.05, 4.69) is 81.3 Å². The van der Waals surface area contributed by atoms with Gasteiger partial charge in [0.1, 0.15) is 6.33 Å². The van der Waals surface area contributed by atoms with Gasteiger partial charge in [-0.2, -0.15) is 0 Å². The molecule has 6 rings (SSSR count). The van der Waals surface area contributed by atoms with Crippen molar-refractivity contribution in [2.75, 3.05) is 26.2 Å². The van der Waals surface area contributed by atoms with Crippen LogP contribution >= 0.6 is 11.6 Å². The van der Waals surface area contributed by atoms with Crippen LogP contribution in [-0.4, -0.2) is 94.1 Å². The number of aryl methyl sites for hydroxylation is 2. The molecule has 1 amide bonds. The van der Waals surface area contributed by atoms with Crippen LogP contribution in [0.15, 0.2) is 60.9 Å². The molecule has 0 radical (unpaired) electrons. The second-order valence-corrected chi connectivity index (χ2v) is 21.8. The molecule has 0 bridgehead atoms. The molecule has 6 nitrogen and oxygen atoms in total. The van der Waals surface area contributed by atoms with Crippen molar-refractivity contribution in [1.82, 2.24) is 24.7 Å². The van der Waals surface area contributed by atoms with E-state index in [1.165, 1.54) is 40.1 Å². The SMILES string of the molecule is Cc1ncnc(C)c1C(=O)N1CCC(C)(N2CCC(N(Cc3ccccc3)C3C[CH2][Sn+]([c]4ccc(Cl)cc4)[CH2]C3)CC2)CC1. The van der Waals surface area contributed by atoms with Crippen molar-refractivity contribution < 1.29 is 4.79 Å².